The number of piperazine rings is 1. The molecule has 1 aromatic heterocycles. The highest BCUT2D eigenvalue weighted by atomic mass is 35.5. The molecule has 1 aromatic rings. The molecule has 1 aliphatic heterocycles. The van der Waals surface area contributed by atoms with Crippen molar-refractivity contribution in [2.75, 3.05) is 39.3 Å². The highest BCUT2D eigenvalue weighted by Gasteiger charge is 2.11. The molecule has 0 unspecified atom stereocenters. The number of rotatable bonds is 7. The highest BCUT2D eigenvalue weighted by Crippen LogP contribution is 2.06. The maximum atomic E-state index is 11.8. The van der Waals surface area contributed by atoms with Gasteiger partial charge >= 0.3 is 0 Å². The third-order valence-corrected chi connectivity index (χ3v) is 3.68. The summed E-state index contributed by atoms with van der Waals surface area (Å²) in [5.74, 6) is -0.326. The number of nitrogens with zero attached hydrogens (tertiary/aromatic N) is 3. The highest BCUT2D eigenvalue weighted by molar-refractivity contribution is 5.85. The number of pyridine rings is 1. The molecule has 0 atom stereocenters. The molecule has 1 aliphatic rings. The van der Waals surface area contributed by atoms with Gasteiger partial charge in [0.25, 0.3) is 11.2 Å². The number of aromatic nitrogens is 1. The Hall–Kier alpha value is -1.97. The molecule has 0 saturated carbocycles. The second-order valence-electron chi connectivity index (χ2n) is 5.41. The third-order valence-electron chi connectivity index (χ3n) is 3.68. The van der Waals surface area contributed by atoms with Crippen LogP contribution in [0.4, 0.5) is 5.69 Å². The second kappa shape index (κ2) is 10.0. The standard InChI is InChI=1S/C14H21N5O4.ClH/c20-13(16-4-1-7-17-8-5-15-6-9-17)11-18-10-12(19(22)23)2-3-14(18)21;/h2-3,10,15H,1,4-9,11H2,(H,16,20);1H. The lowest BCUT2D eigenvalue weighted by molar-refractivity contribution is -0.385. The summed E-state index contributed by atoms with van der Waals surface area (Å²) in [6.07, 6.45) is 1.91. The molecule has 10 heteroatoms. The molecule has 2 N–H and O–H groups in total. The first-order chi connectivity index (χ1) is 11.1. The van der Waals surface area contributed by atoms with Crippen LogP contribution in [-0.4, -0.2) is 59.6 Å². The normalized spacial score (nSPS) is 14.7. The van der Waals surface area contributed by atoms with E-state index in [9.17, 15) is 19.7 Å². The molecule has 1 fully saturated rings. The summed E-state index contributed by atoms with van der Waals surface area (Å²) in [6, 6.07) is 2.22. The van der Waals surface area contributed by atoms with Crippen molar-refractivity contribution in [3.05, 3.63) is 38.8 Å². The molecule has 0 aromatic carbocycles. The van der Waals surface area contributed by atoms with Crippen LogP contribution in [0.25, 0.3) is 0 Å². The van der Waals surface area contributed by atoms with E-state index in [1.54, 1.807) is 0 Å². The van der Waals surface area contributed by atoms with Gasteiger partial charge in [0.1, 0.15) is 6.54 Å². The van der Waals surface area contributed by atoms with Gasteiger partial charge in [-0.3, -0.25) is 24.3 Å². The van der Waals surface area contributed by atoms with Gasteiger partial charge in [-0.05, 0) is 13.0 Å². The lowest BCUT2D eigenvalue weighted by Crippen LogP contribution is -2.44. The van der Waals surface area contributed by atoms with Gasteiger partial charge in [0.15, 0.2) is 0 Å². The minimum atomic E-state index is -0.596. The van der Waals surface area contributed by atoms with Crippen molar-refractivity contribution in [2.45, 2.75) is 13.0 Å². The molecule has 24 heavy (non-hydrogen) atoms. The van der Waals surface area contributed by atoms with Gasteiger partial charge in [-0.25, -0.2) is 0 Å². The number of nitrogens with one attached hydrogen (secondary N) is 2. The van der Waals surface area contributed by atoms with E-state index >= 15 is 0 Å². The lowest BCUT2D eigenvalue weighted by atomic mass is 10.3. The Balaban J connectivity index is 0.00000288. The molecular weight excluding hydrogens is 338 g/mol. The first-order valence-electron chi connectivity index (χ1n) is 7.61. The predicted octanol–water partition coefficient (Wildman–Crippen LogP) is -0.410. The molecule has 2 heterocycles. The van der Waals surface area contributed by atoms with E-state index in [-0.39, 0.29) is 30.5 Å². The maximum absolute atomic E-state index is 11.8. The van der Waals surface area contributed by atoms with Crippen LogP contribution in [0.1, 0.15) is 6.42 Å². The zero-order valence-electron chi connectivity index (χ0n) is 13.3. The van der Waals surface area contributed by atoms with Crippen LogP contribution in [0.2, 0.25) is 0 Å². The Kier molecular flexibility index (Phi) is 8.37. The molecule has 134 valence electrons. The van der Waals surface area contributed by atoms with Gasteiger partial charge in [0, 0.05) is 44.9 Å². The van der Waals surface area contributed by atoms with Crippen LogP contribution in [0.5, 0.6) is 0 Å². The number of nitro groups is 1. The Labute approximate surface area is 145 Å². The molecule has 2 rings (SSSR count). The number of halogens is 1. The quantitative estimate of drug-likeness (QED) is 0.389. The van der Waals surface area contributed by atoms with E-state index < -0.39 is 10.5 Å². The fourth-order valence-electron chi connectivity index (χ4n) is 2.43. The SMILES string of the molecule is Cl.O=C(Cn1cc([N+](=O)[O-])ccc1=O)NCCCN1CCNCC1. The van der Waals surface area contributed by atoms with Crippen molar-refractivity contribution in [3.8, 4) is 0 Å². The van der Waals surface area contributed by atoms with Crippen molar-refractivity contribution >= 4 is 24.0 Å². The Bertz CT molecular complexity index is 615. The molecule has 0 spiro atoms. The molecule has 0 radical (unpaired) electrons. The van der Waals surface area contributed by atoms with E-state index in [0.717, 1.165) is 62.0 Å². The summed E-state index contributed by atoms with van der Waals surface area (Å²) in [7, 11) is 0. The number of hydrogen-bond acceptors (Lipinski definition) is 6. The zero-order chi connectivity index (χ0) is 16.7. The predicted molar refractivity (Wildman–Crippen MR) is 91.5 cm³/mol. The number of amides is 1. The summed E-state index contributed by atoms with van der Waals surface area (Å²) >= 11 is 0. The fraction of sp³-hybridized carbons (Fsp3) is 0.571. The van der Waals surface area contributed by atoms with Crippen LogP contribution in [0.3, 0.4) is 0 Å². The van der Waals surface area contributed by atoms with Crippen LogP contribution in [0, 0.1) is 10.1 Å². The van der Waals surface area contributed by atoms with Gasteiger partial charge in [0.05, 0.1) is 11.1 Å². The van der Waals surface area contributed by atoms with Crippen molar-refractivity contribution in [2.24, 2.45) is 0 Å². The topological polar surface area (TPSA) is 110 Å². The molecule has 0 aliphatic carbocycles. The summed E-state index contributed by atoms with van der Waals surface area (Å²) in [4.78, 5) is 35.9. The molecule has 0 bridgehead atoms. The Morgan fingerprint density at radius 2 is 2.04 bits per heavy atom. The van der Waals surface area contributed by atoms with Crippen LogP contribution >= 0.6 is 12.4 Å². The average Bonchev–Trinajstić information content (AvgIpc) is 2.54. The lowest BCUT2D eigenvalue weighted by Gasteiger charge is -2.27. The summed E-state index contributed by atoms with van der Waals surface area (Å²) in [5.41, 5.74) is -0.650. The number of carbonyl (C=O) groups excluding carboxylic acids is 1. The first kappa shape index (κ1) is 20.1. The third kappa shape index (κ3) is 6.26. The summed E-state index contributed by atoms with van der Waals surface area (Å²) < 4.78 is 1.05. The van der Waals surface area contributed by atoms with Crippen molar-refractivity contribution in [1.29, 1.82) is 0 Å². The molecule has 1 saturated heterocycles. The molecular formula is C14H22ClN5O4. The maximum Gasteiger partial charge on any atom is 0.285 e. The first-order valence-corrected chi connectivity index (χ1v) is 7.61. The van der Waals surface area contributed by atoms with Gasteiger partial charge in [-0.15, -0.1) is 12.4 Å². The van der Waals surface area contributed by atoms with Gasteiger partial charge in [0.2, 0.25) is 5.91 Å². The minimum absolute atomic E-state index is 0. The van der Waals surface area contributed by atoms with E-state index in [2.05, 4.69) is 15.5 Å². The molecule has 9 nitrogen and oxygen atoms in total. The van der Waals surface area contributed by atoms with Gasteiger partial charge in [-0.1, -0.05) is 0 Å². The van der Waals surface area contributed by atoms with E-state index in [1.165, 1.54) is 0 Å². The van der Waals surface area contributed by atoms with Crippen molar-refractivity contribution < 1.29 is 9.72 Å². The summed E-state index contributed by atoms with van der Waals surface area (Å²) in [5, 5.41) is 16.7. The fourth-order valence-corrected chi connectivity index (χ4v) is 2.43. The van der Waals surface area contributed by atoms with E-state index in [1.807, 2.05) is 0 Å². The van der Waals surface area contributed by atoms with Crippen molar-refractivity contribution in [1.82, 2.24) is 20.1 Å². The van der Waals surface area contributed by atoms with E-state index in [4.69, 9.17) is 0 Å². The van der Waals surface area contributed by atoms with Crippen molar-refractivity contribution in [3.63, 3.8) is 0 Å². The Morgan fingerprint density at radius 3 is 2.71 bits per heavy atom. The van der Waals surface area contributed by atoms with Crippen LogP contribution in [-0.2, 0) is 11.3 Å². The minimum Gasteiger partial charge on any atom is -0.355 e. The monoisotopic (exact) mass is 359 g/mol. The van der Waals surface area contributed by atoms with Crippen LogP contribution < -0.4 is 16.2 Å². The summed E-state index contributed by atoms with van der Waals surface area (Å²) in [6.45, 7) is 5.22. The number of carbonyl (C=O) groups is 1. The largest absolute Gasteiger partial charge is 0.355 e. The Morgan fingerprint density at radius 1 is 1.33 bits per heavy atom. The van der Waals surface area contributed by atoms with Gasteiger partial charge < -0.3 is 15.5 Å². The van der Waals surface area contributed by atoms with Gasteiger partial charge in [-0.2, -0.15) is 0 Å². The smallest absolute Gasteiger partial charge is 0.285 e. The average molecular weight is 360 g/mol. The second-order valence-corrected chi connectivity index (χ2v) is 5.41. The van der Waals surface area contributed by atoms with Crippen LogP contribution in [0.15, 0.2) is 23.1 Å². The zero-order valence-corrected chi connectivity index (χ0v) is 14.1. The number of hydrogen-bond donors (Lipinski definition) is 2. The molecule has 1 amide bonds. The van der Waals surface area contributed by atoms with E-state index in [0.29, 0.717) is 6.54 Å².